The van der Waals surface area contributed by atoms with Crippen LogP contribution in [0.2, 0.25) is 0 Å². The molecule has 0 aromatic carbocycles. The summed E-state index contributed by atoms with van der Waals surface area (Å²) in [6.45, 7) is 2.71. The van der Waals surface area contributed by atoms with Crippen LogP contribution in [0.3, 0.4) is 0 Å². The van der Waals surface area contributed by atoms with Crippen molar-refractivity contribution in [3.63, 3.8) is 0 Å². The first-order valence-electron chi connectivity index (χ1n) is 6.95. The van der Waals surface area contributed by atoms with Crippen molar-refractivity contribution < 1.29 is 8.42 Å². The minimum Gasteiger partial charge on any atom is -0.313 e. The molecule has 0 bridgehead atoms. The number of hydrogen-bond acceptors (Lipinski definition) is 4. The Labute approximate surface area is 115 Å². The third-order valence-corrected chi connectivity index (χ3v) is 6.27. The van der Waals surface area contributed by atoms with Gasteiger partial charge in [-0.05, 0) is 31.4 Å². The second kappa shape index (κ2) is 6.59. The molecule has 0 aromatic heterocycles. The molecule has 0 aliphatic heterocycles. The zero-order valence-corrected chi connectivity index (χ0v) is 12.7. The van der Waals surface area contributed by atoms with Gasteiger partial charge in [-0.25, -0.2) is 13.1 Å². The van der Waals surface area contributed by atoms with Gasteiger partial charge in [0.25, 0.3) is 0 Å². The topological polar surface area (TPSA) is 58.2 Å². The minimum atomic E-state index is -3.11. The van der Waals surface area contributed by atoms with Crippen molar-refractivity contribution in [2.45, 2.75) is 56.4 Å². The average Bonchev–Trinajstić information content (AvgIpc) is 3.02. The Balaban J connectivity index is 1.74. The highest BCUT2D eigenvalue weighted by molar-refractivity contribution is 8.00. The van der Waals surface area contributed by atoms with E-state index in [1.807, 2.05) is 11.8 Å². The number of thioether (sulfide) groups is 1. The molecule has 2 fully saturated rings. The molecule has 2 atom stereocenters. The Bertz CT molecular complexity index is 355. The van der Waals surface area contributed by atoms with Gasteiger partial charge in [0.05, 0.1) is 5.75 Å². The molecule has 4 nitrogen and oxygen atoms in total. The summed E-state index contributed by atoms with van der Waals surface area (Å²) in [5.41, 5.74) is 0. The van der Waals surface area contributed by atoms with Gasteiger partial charge in [0, 0.05) is 23.9 Å². The Morgan fingerprint density at radius 2 is 2.00 bits per heavy atom. The first kappa shape index (κ1) is 14.6. The summed E-state index contributed by atoms with van der Waals surface area (Å²) in [5.74, 6) is 1.27. The molecule has 0 saturated heterocycles. The molecule has 2 aliphatic carbocycles. The van der Waals surface area contributed by atoms with Crippen LogP contribution in [0.1, 0.15) is 39.0 Å². The molecule has 18 heavy (non-hydrogen) atoms. The first-order valence-corrected chi connectivity index (χ1v) is 9.66. The Morgan fingerprint density at radius 3 is 2.67 bits per heavy atom. The van der Waals surface area contributed by atoms with Crippen LogP contribution in [0.5, 0.6) is 0 Å². The fourth-order valence-electron chi connectivity index (χ4n) is 2.45. The van der Waals surface area contributed by atoms with E-state index in [9.17, 15) is 8.42 Å². The number of rotatable bonds is 8. The second-order valence-electron chi connectivity index (χ2n) is 5.20. The van der Waals surface area contributed by atoms with E-state index in [0.29, 0.717) is 17.8 Å². The van der Waals surface area contributed by atoms with Gasteiger partial charge in [-0.3, -0.25) is 0 Å². The van der Waals surface area contributed by atoms with Crippen LogP contribution in [0.15, 0.2) is 0 Å². The SMILES string of the molecule is CCSC1CCCC1NS(=O)(=O)CCNC1CC1. The van der Waals surface area contributed by atoms with Crippen LogP contribution in [-0.4, -0.2) is 43.8 Å². The maximum Gasteiger partial charge on any atom is 0.213 e. The van der Waals surface area contributed by atoms with Gasteiger partial charge in [0.1, 0.15) is 0 Å². The maximum atomic E-state index is 12.0. The fourth-order valence-corrected chi connectivity index (χ4v) is 4.98. The van der Waals surface area contributed by atoms with Crippen LogP contribution in [0.4, 0.5) is 0 Å². The van der Waals surface area contributed by atoms with E-state index in [0.717, 1.165) is 25.0 Å². The van der Waals surface area contributed by atoms with Gasteiger partial charge in [-0.1, -0.05) is 13.3 Å². The Hall–Kier alpha value is 0.220. The fraction of sp³-hybridized carbons (Fsp3) is 1.00. The minimum absolute atomic E-state index is 0.154. The summed E-state index contributed by atoms with van der Waals surface area (Å²) >= 11 is 1.88. The van der Waals surface area contributed by atoms with E-state index < -0.39 is 10.0 Å². The second-order valence-corrected chi connectivity index (χ2v) is 8.59. The molecule has 0 aromatic rings. The van der Waals surface area contributed by atoms with Crippen LogP contribution in [0.25, 0.3) is 0 Å². The van der Waals surface area contributed by atoms with E-state index in [1.54, 1.807) is 0 Å². The van der Waals surface area contributed by atoms with Crippen LogP contribution >= 0.6 is 11.8 Å². The number of nitrogens with one attached hydrogen (secondary N) is 2. The van der Waals surface area contributed by atoms with Crippen molar-refractivity contribution in [1.29, 1.82) is 0 Å². The van der Waals surface area contributed by atoms with Crippen LogP contribution < -0.4 is 10.0 Å². The highest BCUT2D eigenvalue weighted by Gasteiger charge is 2.30. The quantitative estimate of drug-likeness (QED) is 0.709. The average molecular weight is 292 g/mol. The summed E-state index contributed by atoms with van der Waals surface area (Å²) in [5, 5.41) is 3.72. The molecule has 0 heterocycles. The smallest absolute Gasteiger partial charge is 0.213 e. The Kier molecular flexibility index (Phi) is 5.35. The van der Waals surface area contributed by atoms with Gasteiger partial charge in [0.15, 0.2) is 0 Å². The summed E-state index contributed by atoms with van der Waals surface area (Å²) in [4.78, 5) is 0. The molecule has 0 radical (unpaired) electrons. The normalized spacial score (nSPS) is 28.7. The van der Waals surface area contributed by atoms with Crippen molar-refractivity contribution in [3.8, 4) is 0 Å². The summed E-state index contributed by atoms with van der Waals surface area (Å²) < 4.78 is 26.9. The van der Waals surface area contributed by atoms with Crippen LogP contribution in [0, 0.1) is 0 Å². The van der Waals surface area contributed by atoms with Crippen LogP contribution in [-0.2, 0) is 10.0 Å². The third-order valence-electron chi connectivity index (χ3n) is 3.55. The molecule has 6 heteroatoms. The van der Waals surface area contributed by atoms with Crippen molar-refractivity contribution >= 4 is 21.8 Å². The summed E-state index contributed by atoms with van der Waals surface area (Å²) in [6.07, 6.45) is 5.68. The molecule has 2 saturated carbocycles. The molecule has 2 aliphatic rings. The lowest BCUT2D eigenvalue weighted by atomic mass is 10.3. The maximum absolute atomic E-state index is 12.0. The lowest BCUT2D eigenvalue weighted by Crippen LogP contribution is -2.41. The summed E-state index contributed by atoms with van der Waals surface area (Å²) in [7, 11) is -3.11. The summed E-state index contributed by atoms with van der Waals surface area (Å²) in [6, 6.07) is 0.732. The Morgan fingerprint density at radius 1 is 1.22 bits per heavy atom. The number of sulfonamides is 1. The van der Waals surface area contributed by atoms with E-state index in [4.69, 9.17) is 0 Å². The predicted octanol–water partition coefficient (Wildman–Crippen LogP) is 1.33. The lowest BCUT2D eigenvalue weighted by Gasteiger charge is -2.20. The van der Waals surface area contributed by atoms with E-state index in [-0.39, 0.29) is 11.8 Å². The van der Waals surface area contributed by atoms with Crippen molar-refractivity contribution in [1.82, 2.24) is 10.0 Å². The molecule has 2 rings (SSSR count). The molecular formula is C12H24N2O2S2. The zero-order chi connectivity index (χ0) is 13.0. The van der Waals surface area contributed by atoms with Gasteiger partial charge >= 0.3 is 0 Å². The standard InChI is InChI=1S/C12H24N2O2S2/c1-2-17-12-5-3-4-11(12)14-18(15,16)9-8-13-10-6-7-10/h10-14H,2-9H2,1H3. The van der Waals surface area contributed by atoms with Gasteiger partial charge in [-0.15, -0.1) is 0 Å². The van der Waals surface area contributed by atoms with E-state index in [1.165, 1.54) is 12.8 Å². The molecular weight excluding hydrogens is 268 g/mol. The molecule has 2 N–H and O–H groups in total. The monoisotopic (exact) mass is 292 g/mol. The van der Waals surface area contributed by atoms with E-state index >= 15 is 0 Å². The zero-order valence-electron chi connectivity index (χ0n) is 11.0. The van der Waals surface area contributed by atoms with Crippen molar-refractivity contribution in [3.05, 3.63) is 0 Å². The predicted molar refractivity (Wildman–Crippen MR) is 77.5 cm³/mol. The molecule has 0 spiro atoms. The van der Waals surface area contributed by atoms with E-state index in [2.05, 4.69) is 17.0 Å². The lowest BCUT2D eigenvalue weighted by molar-refractivity contribution is 0.551. The van der Waals surface area contributed by atoms with Crippen molar-refractivity contribution in [2.24, 2.45) is 0 Å². The largest absolute Gasteiger partial charge is 0.313 e. The highest BCUT2D eigenvalue weighted by Crippen LogP contribution is 2.30. The van der Waals surface area contributed by atoms with Gasteiger partial charge < -0.3 is 5.32 Å². The van der Waals surface area contributed by atoms with Gasteiger partial charge in [0.2, 0.25) is 10.0 Å². The number of hydrogen-bond donors (Lipinski definition) is 2. The first-order chi connectivity index (χ1) is 8.61. The molecule has 0 amide bonds. The molecule has 2 unspecified atom stereocenters. The third kappa shape index (κ3) is 4.72. The van der Waals surface area contributed by atoms with Gasteiger partial charge in [-0.2, -0.15) is 11.8 Å². The molecule has 106 valence electrons. The van der Waals surface area contributed by atoms with Crippen molar-refractivity contribution in [2.75, 3.05) is 18.1 Å². The highest BCUT2D eigenvalue weighted by atomic mass is 32.2.